The molecular weight excluding hydrogens is 386 g/mol. The highest BCUT2D eigenvalue weighted by atomic mass is 16.6. The molecule has 0 saturated carbocycles. The largest absolute Gasteiger partial charge is 0.493 e. The van der Waals surface area contributed by atoms with Gasteiger partial charge in [-0.05, 0) is 60.2 Å². The molecular formula is C23H19NO6. The van der Waals surface area contributed by atoms with E-state index < -0.39 is 4.92 Å². The number of nitro groups is 1. The highest BCUT2D eigenvalue weighted by Crippen LogP contribution is 2.28. The van der Waals surface area contributed by atoms with Crippen LogP contribution in [0.25, 0.3) is 6.08 Å². The van der Waals surface area contributed by atoms with E-state index in [4.69, 9.17) is 14.2 Å². The van der Waals surface area contributed by atoms with Crippen molar-refractivity contribution in [1.82, 2.24) is 0 Å². The lowest BCUT2D eigenvalue weighted by Crippen LogP contribution is -1.94. The van der Waals surface area contributed by atoms with Crippen molar-refractivity contribution in [1.29, 1.82) is 0 Å². The van der Waals surface area contributed by atoms with E-state index in [9.17, 15) is 14.9 Å². The fourth-order valence-electron chi connectivity index (χ4n) is 2.68. The van der Waals surface area contributed by atoms with E-state index in [2.05, 4.69) is 0 Å². The number of ether oxygens (including phenoxy) is 3. The minimum Gasteiger partial charge on any atom is -0.493 e. The van der Waals surface area contributed by atoms with Crippen LogP contribution in [-0.2, 0) is 0 Å². The van der Waals surface area contributed by atoms with Gasteiger partial charge in [0, 0.05) is 17.7 Å². The third kappa shape index (κ3) is 5.02. The average Bonchev–Trinajstić information content (AvgIpc) is 2.78. The predicted molar refractivity (Wildman–Crippen MR) is 113 cm³/mol. The van der Waals surface area contributed by atoms with Gasteiger partial charge in [-0.25, -0.2) is 0 Å². The zero-order valence-corrected chi connectivity index (χ0v) is 16.4. The standard InChI is InChI=1S/C23H19NO6/c1-28-22-14-4-16(15-23(22)29-2)3-13-21(25)17-5-9-19(10-6-17)30-20-11-7-18(8-12-20)24(26)27/h3-15H,1-2H3/b13-3+. The van der Waals surface area contributed by atoms with Gasteiger partial charge in [-0.2, -0.15) is 0 Å². The van der Waals surface area contributed by atoms with Crippen molar-refractivity contribution >= 4 is 17.5 Å². The first-order chi connectivity index (χ1) is 14.5. The Kier molecular flexibility index (Phi) is 6.44. The highest BCUT2D eigenvalue weighted by molar-refractivity contribution is 6.06. The van der Waals surface area contributed by atoms with Gasteiger partial charge in [0.15, 0.2) is 17.3 Å². The number of carbonyl (C=O) groups excluding carboxylic acids is 1. The van der Waals surface area contributed by atoms with Gasteiger partial charge < -0.3 is 14.2 Å². The van der Waals surface area contributed by atoms with Gasteiger partial charge >= 0.3 is 0 Å². The van der Waals surface area contributed by atoms with Crippen LogP contribution in [0.3, 0.4) is 0 Å². The van der Waals surface area contributed by atoms with Crippen LogP contribution < -0.4 is 14.2 Å². The number of benzene rings is 3. The molecule has 0 radical (unpaired) electrons. The molecule has 0 aromatic heterocycles. The van der Waals surface area contributed by atoms with Gasteiger partial charge in [0.05, 0.1) is 19.1 Å². The van der Waals surface area contributed by atoms with Gasteiger partial charge in [-0.3, -0.25) is 14.9 Å². The first-order valence-electron chi connectivity index (χ1n) is 8.97. The fraction of sp³-hybridized carbons (Fsp3) is 0.0870. The van der Waals surface area contributed by atoms with E-state index in [1.807, 2.05) is 6.07 Å². The maximum Gasteiger partial charge on any atom is 0.269 e. The van der Waals surface area contributed by atoms with E-state index in [-0.39, 0.29) is 11.5 Å². The molecule has 0 aliphatic heterocycles. The van der Waals surface area contributed by atoms with E-state index in [1.54, 1.807) is 56.7 Å². The number of methoxy groups -OCH3 is 2. The summed E-state index contributed by atoms with van der Waals surface area (Å²) in [5, 5.41) is 10.7. The zero-order valence-electron chi connectivity index (χ0n) is 16.4. The van der Waals surface area contributed by atoms with Crippen molar-refractivity contribution in [2.24, 2.45) is 0 Å². The third-order valence-electron chi connectivity index (χ3n) is 4.26. The molecule has 0 fully saturated rings. The van der Waals surface area contributed by atoms with E-state index in [0.29, 0.717) is 28.6 Å². The van der Waals surface area contributed by atoms with Crippen LogP contribution in [0.1, 0.15) is 15.9 Å². The molecule has 0 spiro atoms. The van der Waals surface area contributed by atoms with Crippen molar-refractivity contribution in [2.45, 2.75) is 0 Å². The number of hydrogen-bond acceptors (Lipinski definition) is 6. The van der Waals surface area contributed by atoms with Gasteiger partial charge in [0.2, 0.25) is 0 Å². The Morgan fingerprint density at radius 1 is 0.867 bits per heavy atom. The Morgan fingerprint density at radius 3 is 2.03 bits per heavy atom. The van der Waals surface area contributed by atoms with Crippen molar-refractivity contribution in [3.05, 3.63) is 94.0 Å². The number of allylic oxidation sites excluding steroid dienone is 1. The Hall–Kier alpha value is -4.13. The number of nitrogens with zero attached hydrogens (tertiary/aromatic N) is 1. The first kappa shape index (κ1) is 20.6. The van der Waals surface area contributed by atoms with Crippen LogP contribution in [0.4, 0.5) is 5.69 Å². The van der Waals surface area contributed by atoms with Crippen molar-refractivity contribution in [3.63, 3.8) is 0 Å². The molecule has 3 aromatic rings. The second-order valence-electron chi connectivity index (χ2n) is 6.19. The number of nitro benzene ring substituents is 1. The summed E-state index contributed by atoms with van der Waals surface area (Å²) in [5.41, 5.74) is 1.30. The third-order valence-corrected chi connectivity index (χ3v) is 4.26. The summed E-state index contributed by atoms with van der Waals surface area (Å²) in [6.07, 6.45) is 3.18. The molecule has 0 aliphatic rings. The van der Waals surface area contributed by atoms with Crippen molar-refractivity contribution < 1.29 is 23.9 Å². The molecule has 3 rings (SSSR count). The summed E-state index contributed by atoms with van der Waals surface area (Å²) < 4.78 is 16.1. The molecule has 3 aromatic carbocycles. The van der Waals surface area contributed by atoms with Crippen molar-refractivity contribution in [2.75, 3.05) is 14.2 Å². The van der Waals surface area contributed by atoms with Gasteiger partial charge in [-0.15, -0.1) is 0 Å². The van der Waals surface area contributed by atoms with Gasteiger partial charge in [0.25, 0.3) is 5.69 Å². The SMILES string of the molecule is COc1ccc(/C=C/C(=O)c2ccc(Oc3ccc([N+](=O)[O-])cc3)cc2)cc1OC. The zero-order chi connectivity index (χ0) is 21.5. The minimum absolute atomic E-state index is 0.00967. The van der Waals surface area contributed by atoms with Crippen LogP contribution in [-0.4, -0.2) is 24.9 Å². The quantitative estimate of drug-likeness (QED) is 0.219. The lowest BCUT2D eigenvalue weighted by atomic mass is 10.1. The lowest BCUT2D eigenvalue weighted by Gasteiger charge is -2.07. The number of non-ortho nitro benzene ring substituents is 1. The molecule has 0 N–H and O–H groups in total. The van der Waals surface area contributed by atoms with E-state index in [0.717, 1.165) is 5.56 Å². The van der Waals surface area contributed by atoms with Gasteiger partial charge in [0.1, 0.15) is 11.5 Å². The summed E-state index contributed by atoms with van der Waals surface area (Å²) in [6, 6.07) is 17.8. The Bertz CT molecular complexity index is 1070. The molecule has 0 atom stereocenters. The number of rotatable bonds is 8. The van der Waals surface area contributed by atoms with E-state index in [1.165, 1.54) is 30.3 Å². The Morgan fingerprint density at radius 2 is 1.47 bits per heavy atom. The average molecular weight is 405 g/mol. The maximum atomic E-state index is 12.4. The number of ketones is 1. The molecule has 30 heavy (non-hydrogen) atoms. The molecule has 0 unspecified atom stereocenters. The number of carbonyl (C=O) groups is 1. The molecule has 0 aliphatic carbocycles. The first-order valence-corrected chi connectivity index (χ1v) is 8.97. The second kappa shape index (κ2) is 9.38. The van der Waals surface area contributed by atoms with Crippen LogP contribution in [0.5, 0.6) is 23.0 Å². The summed E-state index contributed by atoms with van der Waals surface area (Å²) >= 11 is 0. The molecule has 7 nitrogen and oxygen atoms in total. The highest BCUT2D eigenvalue weighted by Gasteiger charge is 2.07. The molecule has 0 saturated heterocycles. The predicted octanol–water partition coefficient (Wildman–Crippen LogP) is 5.30. The Balaban J connectivity index is 1.66. The minimum atomic E-state index is -0.472. The summed E-state index contributed by atoms with van der Waals surface area (Å²) in [5.74, 6) is 2.02. The second-order valence-corrected chi connectivity index (χ2v) is 6.19. The van der Waals surface area contributed by atoms with E-state index >= 15 is 0 Å². The lowest BCUT2D eigenvalue weighted by molar-refractivity contribution is -0.384. The molecule has 0 bridgehead atoms. The number of hydrogen-bond donors (Lipinski definition) is 0. The van der Waals surface area contributed by atoms with Gasteiger partial charge in [-0.1, -0.05) is 12.1 Å². The summed E-state index contributed by atoms with van der Waals surface area (Å²) in [7, 11) is 3.11. The summed E-state index contributed by atoms with van der Waals surface area (Å²) in [4.78, 5) is 22.6. The molecule has 0 heterocycles. The monoisotopic (exact) mass is 405 g/mol. The summed E-state index contributed by atoms with van der Waals surface area (Å²) in [6.45, 7) is 0. The van der Waals surface area contributed by atoms with Crippen LogP contribution in [0, 0.1) is 10.1 Å². The molecule has 0 amide bonds. The Labute approximate surface area is 173 Å². The normalized spacial score (nSPS) is 10.6. The topological polar surface area (TPSA) is 87.9 Å². The van der Waals surface area contributed by atoms with Crippen LogP contribution >= 0.6 is 0 Å². The van der Waals surface area contributed by atoms with Crippen LogP contribution in [0.2, 0.25) is 0 Å². The maximum absolute atomic E-state index is 12.4. The molecule has 7 heteroatoms. The molecule has 152 valence electrons. The van der Waals surface area contributed by atoms with Crippen molar-refractivity contribution in [3.8, 4) is 23.0 Å². The fourth-order valence-corrected chi connectivity index (χ4v) is 2.68. The van der Waals surface area contributed by atoms with Crippen LogP contribution in [0.15, 0.2) is 72.8 Å². The smallest absolute Gasteiger partial charge is 0.269 e.